The minimum atomic E-state index is -1.28. The molecule has 74 heavy (non-hydrogen) atoms. The minimum absolute atomic E-state index is 0.0407. The lowest BCUT2D eigenvalue weighted by atomic mass is 9.90. The standard InChI is InChI=1S/2C23H16O6.C13H16N2O/c2*24-20-16(14-7-3-1-5-12(14)9-18(20)22(26)27)11-17-15-8-4-2-6-13(15)10-19(21(17)25)23(28)29;1-15-9-3-8-14-13(15)7-6-11-4-2-5-12(16)10-11/h2*1-10,24-25H,11H2,(H,26,27)(H,28,29);2,4-7,10,16H,3,8-9H2,1H3/b;;7-6+. The highest BCUT2D eigenvalue weighted by Crippen LogP contribution is 2.41. The number of amidine groups is 1. The number of aliphatic imine (C=N–C) groups is 1. The van der Waals surface area contributed by atoms with Crippen molar-refractivity contribution in [2.24, 2.45) is 4.99 Å². The lowest BCUT2D eigenvalue weighted by molar-refractivity contribution is 0.0682. The van der Waals surface area contributed by atoms with Crippen LogP contribution in [-0.4, -0.2) is 101 Å². The van der Waals surface area contributed by atoms with Crippen molar-refractivity contribution in [1.82, 2.24) is 4.90 Å². The second kappa shape index (κ2) is 21.6. The van der Waals surface area contributed by atoms with Crippen LogP contribution >= 0.6 is 0 Å². The van der Waals surface area contributed by atoms with Gasteiger partial charge in [-0.05, 0) is 97.5 Å². The number of carbonyl (C=O) groups is 4. The van der Waals surface area contributed by atoms with Crippen molar-refractivity contribution in [3.8, 4) is 28.7 Å². The summed E-state index contributed by atoms with van der Waals surface area (Å²) in [6.45, 7) is 1.97. The molecule has 0 saturated heterocycles. The maximum Gasteiger partial charge on any atom is 0.339 e. The van der Waals surface area contributed by atoms with Crippen molar-refractivity contribution in [1.29, 1.82) is 0 Å². The lowest BCUT2D eigenvalue weighted by Crippen LogP contribution is -2.30. The van der Waals surface area contributed by atoms with E-state index >= 15 is 0 Å². The van der Waals surface area contributed by atoms with E-state index in [4.69, 9.17) is 0 Å². The first-order valence-electron chi connectivity index (χ1n) is 23.1. The molecule has 9 N–H and O–H groups in total. The van der Waals surface area contributed by atoms with Crippen LogP contribution in [0.3, 0.4) is 0 Å². The van der Waals surface area contributed by atoms with Gasteiger partial charge in [-0.25, -0.2) is 19.2 Å². The molecule has 0 spiro atoms. The van der Waals surface area contributed by atoms with Crippen LogP contribution in [0.25, 0.3) is 49.2 Å². The van der Waals surface area contributed by atoms with Crippen molar-refractivity contribution in [3.63, 3.8) is 0 Å². The van der Waals surface area contributed by atoms with Crippen molar-refractivity contribution < 1.29 is 65.1 Å². The molecule has 15 heteroatoms. The highest BCUT2D eigenvalue weighted by molar-refractivity contribution is 6.04. The molecule has 0 bridgehead atoms. The Balaban J connectivity index is 0.000000154. The van der Waals surface area contributed by atoms with E-state index in [2.05, 4.69) is 9.89 Å². The van der Waals surface area contributed by atoms with Crippen LogP contribution in [0.1, 0.15) is 75.7 Å². The molecule has 1 aliphatic heterocycles. The number of phenols is 5. The van der Waals surface area contributed by atoms with Gasteiger partial charge in [-0.3, -0.25) is 4.99 Å². The number of hydrogen-bond donors (Lipinski definition) is 9. The summed E-state index contributed by atoms with van der Waals surface area (Å²) in [4.78, 5) is 53.0. The molecule has 0 aromatic heterocycles. The molecule has 0 unspecified atom stereocenters. The van der Waals surface area contributed by atoms with Gasteiger partial charge in [0.2, 0.25) is 0 Å². The number of carboxylic acids is 4. The lowest BCUT2D eigenvalue weighted by Gasteiger charge is -2.22. The number of phenolic OH excluding ortho intramolecular Hbond substituents is 1. The summed E-state index contributed by atoms with van der Waals surface area (Å²) >= 11 is 0. The van der Waals surface area contributed by atoms with Crippen LogP contribution in [0.5, 0.6) is 28.7 Å². The fourth-order valence-corrected chi connectivity index (χ4v) is 9.08. The normalized spacial score (nSPS) is 12.2. The Hall–Kier alpha value is -9.89. The molecule has 0 radical (unpaired) electrons. The summed E-state index contributed by atoms with van der Waals surface area (Å²) in [5.74, 6) is -5.41. The van der Waals surface area contributed by atoms with Crippen molar-refractivity contribution >= 4 is 78.9 Å². The molecule has 0 aliphatic carbocycles. The third kappa shape index (κ3) is 10.6. The van der Waals surface area contributed by atoms with Crippen molar-refractivity contribution in [2.45, 2.75) is 19.3 Å². The molecule has 0 atom stereocenters. The monoisotopic (exact) mass is 992 g/mol. The average molecular weight is 993 g/mol. The van der Waals surface area contributed by atoms with Gasteiger partial charge in [-0.1, -0.05) is 115 Å². The van der Waals surface area contributed by atoms with Crippen LogP contribution in [0.15, 0.2) is 157 Å². The summed E-state index contributed by atoms with van der Waals surface area (Å²) in [7, 11) is 2.05. The summed E-state index contributed by atoms with van der Waals surface area (Å²) < 4.78 is 0. The van der Waals surface area contributed by atoms with Crippen LogP contribution < -0.4 is 0 Å². The van der Waals surface area contributed by atoms with Gasteiger partial charge in [0.05, 0.1) is 0 Å². The zero-order valence-corrected chi connectivity index (χ0v) is 39.6. The first-order chi connectivity index (χ1) is 35.5. The summed E-state index contributed by atoms with van der Waals surface area (Å²) in [6, 6.07) is 40.7. The predicted octanol–water partition coefficient (Wildman–Crippen LogP) is 10.9. The molecular formula is C59H48N2O13. The van der Waals surface area contributed by atoms with E-state index in [0.717, 1.165) is 30.9 Å². The minimum Gasteiger partial charge on any atom is -0.508 e. The van der Waals surface area contributed by atoms with E-state index < -0.39 is 46.9 Å². The highest BCUT2D eigenvalue weighted by atomic mass is 16.4. The Morgan fingerprint density at radius 2 is 0.797 bits per heavy atom. The largest absolute Gasteiger partial charge is 0.508 e. The van der Waals surface area contributed by atoms with Crippen LogP contribution in [0.4, 0.5) is 0 Å². The van der Waals surface area contributed by atoms with Gasteiger partial charge < -0.3 is 50.9 Å². The molecule has 10 rings (SSSR count). The predicted molar refractivity (Wildman–Crippen MR) is 283 cm³/mol. The van der Waals surface area contributed by atoms with Gasteiger partial charge in [0.25, 0.3) is 0 Å². The van der Waals surface area contributed by atoms with E-state index in [-0.39, 0.29) is 35.1 Å². The number of fused-ring (bicyclic) bond motifs is 4. The van der Waals surface area contributed by atoms with E-state index in [1.54, 1.807) is 109 Å². The van der Waals surface area contributed by atoms with Crippen molar-refractivity contribution in [2.75, 3.05) is 20.1 Å². The quantitative estimate of drug-likeness (QED) is 0.0617. The maximum atomic E-state index is 11.6. The van der Waals surface area contributed by atoms with Gasteiger partial charge in [0.15, 0.2) is 0 Å². The molecule has 1 heterocycles. The van der Waals surface area contributed by atoms with Gasteiger partial charge >= 0.3 is 23.9 Å². The molecule has 0 fully saturated rings. The van der Waals surface area contributed by atoms with Crippen LogP contribution in [0.2, 0.25) is 0 Å². The number of carboxylic acid groups (broad SMARTS) is 4. The number of aromatic carboxylic acids is 4. The molecule has 0 saturated carbocycles. The Labute approximate surface area is 422 Å². The average Bonchev–Trinajstić information content (AvgIpc) is 3.39. The number of aromatic hydroxyl groups is 5. The first kappa shape index (κ1) is 50.5. The zero-order valence-electron chi connectivity index (χ0n) is 39.6. The van der Waals surface area contributed by atoms with E-state index in [0.29, 0.717) is 71.1 Å². The summed E-state index contributed by atoms with van der Waals surface area (Å²) in [6.07, 6.45) is 5.01. The fourth-order valence-electron chi connectivity index (χ4n) is 9.08. The number of benzene rings is 9. The molecule has 372 valence electrons. The van der Waals surface area contributed by atoms with Crippen LogP contribution in [-0.2, 0) is 12.8 Å². The smallest absolute Gasteiger partial charge is 0.339 e. The molecular weight excluding hydrogens is 945 g/mol. The third-order valence-electron chi connectivity index (χ3n) is 12.7. The second-order valence-electron chi connectivity index (χ2n) is 17.4. The van der Waals surface area contributed by atoms with Gasteiger partial charge in [0.1, 0.15) is 56.8 Å². The maximum absolute atomic E-state index is 11.6. The Bertz CT molecular complexity index is 3360. The number of hydrogen-bond acceptors (Lipinski definition) is 11. The number of likely N-dealkylation sites (N-methyl/N-ethyl adjacent to an activating group) is 1. The molecule has 1 aliphatic rings. The van der Waals surface area contributed by atoms with Gasteiger partial charge in [0, 0.05) is 55.2 Å². The Morgan fingerprint density at radius 1 is 0.459 bits per heavy atom. The molecule has 15 nitrogen and oxygen atoms in total. The fraction of sp³-hybridized carbons (Fsp3) is 0.102. The second-order valence-corrected chi connectivity index (χ2v) is 17.4. The van der Waals surface area contributed by atoms with Crippen molar-refractivity contribution in [3.05, 3.63) is 202 Å². The zero-order chi connectivity index (χ0) is 52.8. The van der Waals surface area contributed by atoms with Gasteiger partial charge in [-0.2, -0.15) is 0 Å². The molecule has 9 aromatic carbocycles. The van der Waals surface area contributed by atoms with E-state index in [1.807, 2.05) is 31.3 Å². The summed E-state index contributed by atoms with van der Waals surface area (Å²) in [5.41, 5.74) is 1.21. The highest BCUT2D eigenvalue weighted by Gasteiger charge is 2.25. The number of rotatable bonds is 10. The first-order valence-corrected chi connectivity index (χ1v) is 23.1. The third-order valence-corrected chi connectivity index (χ3v) is 12.7. The molecule has 9 aromatic rings. The number of nitrogens with zero attached hydrogens (tertiary/aromatic N) is 2. The summed E-state index contributed by atoms with van der Waals surface area (Å²) in [5, 5.41) is 94.9. The topological polar surface area (TPSA) is 266 Å². The molecule has 0 amide bonds. The van der Waals surface area contributed by atoms with E-state index in [1.165, 1.54) is 24.3 Å². The SMILES string of the molecule is CN1CCCN=C1/C=C/c1cccc(O)c1.O=C(O)c1cc2ccccc2c(Cc2c(O)c(C(=O)O)cc3ccccc23)c1O.O=C(O)c1cc2ccccc2c(Cc2c(O)c(C(=O)O)cc3ccccc23)c1O. The van der Waals surface area contributed by atoms with Crippen LogP contribution in [0, 0.1) is 0 Å². The van der Waals surface area contributed by atoms with Gasteiger partial charge in [-0.15, -0.1) is 0 Å². The Morgan fingerprint density at radius 3 is 1.11 bits per heavy atom. The Kier molecular flexibility index (Phi) is 14.8. The van der Waals surface area contributed by atoms with E-state index in [9.17, 15) is 65.1 Å².